The average molecular weight is 415 g/mol. The number of halogens is 1. The highest BCUT2D eigenvalue weighted by atomic mass is 35.5. The zero-order chi connectivity index (χ0) is 21.0. The van der Waals surface area contributed by atoms with Crippen molar-refractivity contribution < 1.29 is 34.0 Å². The highest BCUT2D eigenvalue weighted by molar-refractivity contribution is 6.22. The molecule has 2 heterocycles. The first-order chi connectivity index (χ1) is 12.9. The van der Waals surface area contributed by atoms with E-state index in [1.165, 1.54) is 13.8 Å². The first-order valence-electron chi connectivity index (χ1n) is 9.38. The molecular weight excluding hydrogens is 388 g/mol. The van der Waals surface area contributed by atoms with E-state index in [1.54, 1.807) is 6.08 Å². The number of allylic oxidation sites excluding steroid dienone is 1. The van der Waals surface area contributed by atoms with Crippen LogP contribution in [0.2, 0.25) is 0 Å². The van der Waals surface area contributed by atoms with Crippen molar-refractivity contribution in [1.29, 1.82) is 0 Å². The summed E-state index contributed by atoms with van der Waals surface area (Å²) in [5.41, 5.74) is -1.65. The molecule has 2 fully saturated rings. The summed E-state index contributed by atoms with van der Waals surface area (Å²) >= 11 is 6.47. The number of aliphatic hydroxyl groups excluding tert-OH is 1. The van der Waals surface area contributed by atoms with Crippen LogP contribution in [-0.2, 0) is 23.8 Å². The third-order valence-corrected chi connectivity index (χ3v) is 6.65. The molecule has 2 saturated heterocycles. The maximum Gasteiger partial charge on any atom is 0.340 e. The van der Waals surface area contributed by atoms with E-state index in [4.69, 9.17) is 25.8 Å². The molecule has 1 aliphatic carbocycles. The number of esters is 2. The highest BCUT2D eigenvalue weighted by Gasteiger charge is 2.58. The maximum absolute atomic E-state index is 12.6. The predicted octanol–water partition coefficient (Wildman–Crippen LogP) is 1.63. The topological polar surface area (TPSA) is 106 Å². The van der Waals surface area contributed by atoms with E-state index in [9.17, 15) is 19.8 Å². The van der Waals surface area contributed by atoms with Gasteiger partial charge in [-0.1, -0.05) is 12.2 Å². The lowest BCUT2D eigenvalue weighted by Crippen LogP contribution is -2.49. The number of ether oxygens (including phenoxy) is 3. The second-order valence-corrected chi connectivity index (χ2v) is 8.95. The Hall–Kier alpha value is -1.41. The summed E-state index contributed by atoms with van der Waals surface area (Å²) in [6.45, 7) is 10.1. The van der Waals surface area contributed by atoms with Gasteiger partial charge in [0.25, 0.3) is 0 Å². The number of fused-ring (bicyclic) bond motifs is 2. The van der Waals surface area contributed by atoms with Gasteiger partial charge in [-0.25, -0.2) is 9.59 Å². The van der Waals surface area contributed by atoms with E-state index in [1.807, 2.05) is 13.8 Å². The number of hydrogen-bond acceptors (Lipinski definition) is 7. The maximum atomic E-state index is 12.6. The SMILES string of the molecule is C=C1C(=O)O[C@@H]2/C=C(/C)[C@@H](Cl)C[C@H]3O[C@@]3(C)C[C@@H](OC(=O)[C@](C)(O)[C@H](C)O)[C@@H]12. The molecule has 7 nitrogen and oxygen atoms in total. The number of hydrogen-bond donors (Lipinski definition) is 2. The van der Waals surface area contributed by atoms with Crippen LogP contribution in [0.1, 0.15) is 40.5 Å². The molecule has 0 saturated carbocycles. The van der Waals surface area contributed by atoms with Gasteiger partial charge in [0.15, 0.2) is 5.60 Å². The van der Waals surface area contributed by atoms with Gasteiger partial charge in [-0.2, -0.15) is 0 Å². The Morgan fingerprint density at radius 1 is 1.54 bits per heavy atom. The fraction of sp³-hybridized carbons (Fsp3) is 0.700. The van der Waals surface area contributed by atoms with E-state index >= 15 is 0 Å². The standard InChI is InChI=1S/C20H27ClO7/c1-9-6-13-16(10(2)17(23)26-13)14(27-18(24)20(5,25)11(3)22)8-19(4)15(28-19)7-12(9)21/h6,11-16,22,25H,2,7-8H2,1,3-5H3/b9-6-/t11-,12-,13+,14+,15+,16-,19-,20+/m0/s1. The summed E-state index contributed by atoms with van der Waals surface area (Å²) < 4.78 is 16.9. The van der Waals surface area contributed by atoms with Crippen molar-refractivity contribution in [3.63, 3.8) is 0 Å². The van der Waals surface area contributed by atoms with Crippen molar-refractivity contribution in [1.82, 2.24) is 0 Å². The molecule has 0 radical (unpaired) electrons. The summed E-state index contributed by atoms with van der Waals surface area (Å²) in [7, 11) is 0. The molecule has 0 bridgehead atoms. The van der Waals surface area contributed by atoms with Crippen LogP contribution in [0.15, 0.2) is 23.8 Å². The number of alkyl halides is 1. The van der Waals surface area contributed by atoms with Gasteiger partial charge in [-0.15, -0.1) is 11.6 Å². The quantitative estimate of drug-likeness (QED) is 0.238. The van der Waals surface area contributed by atoms with Crippen LogP contribution in [-0.4, -0.2) is 63.1 Å². The second-order valence-electron chi connectivity index (χ2n) is 8.43. The zero-order valence-electron chi connectivity index (χ0n) is 16.5. The van der Waals surface area contributed by atoms with Gasteiger partial charge >= 0.3 is 11.9 Å². The number of aliphatic hydroxyl groups is 2. The van der Waals surface area contributed by atoms with Gasteiger partial charge in [-0.05, 0) is 40.2 Å². The van der Waals surface area contributed by atoms with E-state index < -0.39 is 47.4 Å². The summed E-state index contributed by atoms with van der Waals surface area (Å²) in [5, 5.41) is 19.7. The largest absolute Gasteiger partial charge is 0.459 e. The summed E-state index contributed by atoms with van der Waals surface area (Å²) in [5.74, 6) is -2.18. The summed E-state index contributed by atoms with van der Waals surface area (Å²) in [6.07, 6.45) is -0.330. The van der Waals surface area contributed by atoms with Crippen LogP contribution in [0.5, 0.6) is 0 Å². The van der Waals surface area contributed by atoms with Crippen LogP contribution < -0.4 is 0 Å². The van der Waals surface area contributed by atoms with Crippen molar-refractivity contribution >= 4 is 23.5 Å². The minimum Gasteiger partial charge on any atom is -0.459 e. The minimum atomic E-state index is -2.09. The minimum absolute atomic E-state index is 0.111. The molecule has 2 aliphatic heterocycles. The monoisotopic (exact) mass is 414 g/mol. The van der Waals surface area contributed by atoms with Gasteiger partial charge in [0.2, 0.25) is 0 Å². The van der Waals surface area contributed by atoms with E-state index in [0.29, 0.717) is 6.42 Å². The van der Waals surface area contributed by atoms with Crippen LogP contribution in [0.4, 0.5) is 0 Å². The molecule has 3 rings (SSSR count). The Kier molecular flexibility index (Phi) is 5.42. The zero-order valence-corrected chi connectivity index (χ0v) is 17.2. The molecule has 0 aromatic rings. The molecule has 0 amide bonds. The van der Waals surface area contributed by atoms with E-state index in [-0.39, 0.29) is 23.5 Å². The molecule has 0 spiro atoms. The Morgan fingerprint density at radius 3 is 2.79 bits per heavy atom. The molecule has 8 atom stereocenters. The van der Waals surface area contributed by atoms with Crippen molar-refractivity contribution in [2.45, 2.75) is 81.5 Å². The Morgan fingerprint density at radius 2 is 2.18 bits per heavy atom. The lowest BCUT2D eigenvalue weighted by atomic mass is 9.82. The van der Waals surface area contributed by atoms with Gasteiger partial charge in [0, 0.05) is 12.0 Å². The van der Waals surface area contributed by atoms with Gasteiger partial charge in [-0.3, -0.25) is 0 Å². The molecule has 3 aliphatic rings. The van der Waals surface area contributed by atoms with Crippen LogP contribution in [0.25, 0.3) is 0 Å². The molecule has 156 valence electrons. The lowest BCUT2D eigenvalue weighted by molar-refractivity contribution is -0.183. The molecule has 0 aromatic carbocycles. The van der Waals surface area contributed by atoms with E-state index in [0.717, 1.165) is 5.57 Å². The molecule has 0 aromatic heterocycles. The Bertz CT molecular complexity index is 728. The van der Waals surface area contributed by atoms with Crippen molar-refractivity contribution in [2.75, 3.05) is 0 Å². The average Bonchev–Trinajstić information content (AvgIpc) is 3.12. The first-order valence-corrected chi connectivity index (χ1v) is 9.82. The van der Waals surface area contributed by atoms with Crippen molar-refractivity contribution in [2.24, 2.45) is 5.92 Å². The third-order valence-electron chi connectivity index (χ3n) is 6.13. The lowest BCUT2D eigenvalue weighted by Gasteiger charge is -2.32. The highest BCUT2D eigenvalue weighted by Crippen LogP contribution is 2.48. The molecule has 0 unspecified atom stereocenters. The second kappa shape index (κ2) is 7.13. The smallest absolute Gasteiger partial charge is 0.340 e. The fourth-order valence-corrected chi connectivity index (χ4v) is 3.99. The van der Waals surface area contributed by atoms with Gasteiger partial charge < -0.3 is 24.4 Å². The number of rotatable bonds is 3. The first kappa shape index (κ1) is 21.3. The Labute approximate surface area is 169 Å². The molecule has 2 N–H and O–H groups in total. The summed E-state index contributed by atoms with van der Waals surface area (Å²) in [4.78, 5) is 24.8. The number of epoxide rings is 1. The molecule has 8 heteroatoms. The molecule has 28 heavy (non-hydrogen) atoms. The Balaban J connectivity index is 1.97. The van der Waals surface area contributed by atoms with Crippen LogP contribution >= 0.6 is 11.6 Å². The van der Waals surface area contributed by atoms with Crippen LogP contribution in [0.3, 0.4) is 0 Å². The summed E-state index contributed by atoms with van der Waals surface area (Å²) in [6, 6.07) is 0. The number of carbonyl (C=O) groups excluding carboxylic acids is 2. The van der Waals surface area contributed by atoms with Crippen molar-refractivity contribution in [3.8, 4) is 0 Å². The van der Waals surface area contributed by atoms with E-state index in [2.05, 4.69) is 6.58 Å². The van der Waals surface area contributed by atoms with Gasteiger partial charge in [0.05, 0.1) is 29.1 Å². The number of carbonyl (C=O) groups is 2. The normalized spacial score (nSPS) is 42.8. The van der Waals surface area contributed by atoms with Crippen LogP contribution in [0, 0.1) is 5.92 Å². The third kappa shape index (κ3) is 3.73. The van der Waals surface area contributed by atoms with Gasteiger partial charge in [0.1, 0.15) is 12.2 Å². The molecular formula is C20H27ClO7. The fourth-order valence-electron chi connectivity index (χ4n) is 3.75. The predicted molar refractivity (Wildman–Crippen MR) is 101 cm³/mol. The van der Waals surface area contributed by atoms with Crippen molar-refractivity contribution in [3.05, 3.63) is 23.8 Å².